The number of carbonyl (C=O) groups is 1. The highest BCUT2D eigenvalue weighted by molar-refractivity contribution is 7.89. The molecule has 0 unspecified atom stereocenters. The first-order chi connectivity index (χ1) is 13.8. The minimum atomic E-state index is -3.92. The molecule has 2 aromatic carbocycles. The third-order valence-electron chi connectivity index (χ3n) is 4.34. The Labute approximate surface area is 166 Å². The van der Waals surface area contributed by atoms with E-state index < -0.39 is 21.3 Å². The number of nitrogens with one attached hydrogen (secondary N) is 3. The van der Waals surface area contributed by atoms with Crippen LogP contribution < -0.4 is 16.0 Å². The normalized spacial score (nSPS) is 11.5. The van der Waals surface area contributed by atoms with Crippen LogP contribution >= 0.6 is 0 Å². The molecule has 0 spiro atoms. The van der Waals surface area contributed by atoms with Gasteiger partial charge in [-0.2, -0.15) is 0 Å². The summed E-state index contributed by atoms with van der Waals surface area (Å²) in [6.45, 7) is 0.346. The van der Waals surface area contributed by atoms with E-state index in [4.69, 9.17) is 0 Å². The molecule has 152 valence electrons. The molecule has 0 atom stereocenters. The smallest absolute Gasteiger partial charge is 0.326 e. The van der Waals surface area contributed by atoms with E-state index in [0.29, 0.717) is 6.54 Å². The Morgan fingerprint density at radius 2 is 1.79 bits per heavy atom. The maximum absolute atomic E-state index is 12.5. The Bertz CT molecular complexity index is 1250. The summed E-state index contributed by atoms with van der Waals surface area (Å²) in [5, 5.41) is 0.0474. The number of H-pyrrole nitrogens is 2. The average Bonchev–Trinajstić information content (AvgIpc) is 2.68. The van der Waals surface area contributed by atoms with Crippen LogP contribution in [0.3, 0.4) is 0 Å². The van der Waals surface area contributed by atoms with Crippen LogP contribution in [0.4, 0.5) is 0 Å². The number of hydrogen-bond acceptors (Lipinski definition) is 5. The molecule has 0 aliphatic heterocycles. The summed E-state index contributed by atoms with van der Waals surface area (Å²) in [5.41, 5.74) is -0.147. The van der Waals surface area contributed by atoms with Gasteiger partial charge in [-0.05, 0) is 23.8 Å². The molecule has 1 amide bonds. The number of sulfonamides is 1. The minimum absolute atomic E-state index is 0.00987. The van der Waals surface area contributed by atoms with Gasteiger partial charge in [0, 0.05) is 26.6 Å². The molecule has 1 aromatic heterocycles. The molecule has 0 bridgehead atoms. The van der Waals surface area contributed by atoms with Crippen molar-refractivity contribution in [3.05, 3.63) is 74.9 Å². The summed E-state index contributed by atoms with van der Waals surface area (Å²) in [6, 6.07) is 13.3. The number of aromatic amines is 2. The predicted octanol–water partition coefficient (Wildman–Crippen LogP) is 0.543. The van der Waals surface area contributed by atoms with Crippen LogP contribution in [0, 0.1) is 0 Å². The highest BCUT2D eigenvalue weighted by Crippen LogP contribution is 2.14. The summed E-state index contributed by atoms with van der Waals surface area (Å²) in [4.78, 5) is 41.2. The van der Waals surface area contributed by atoms with Gasteiger partial charge in [0.1, 0.15) is 0 Å². The largest absolute Gasteiger partial charge is 0.341 e. The van der Waals surface area contributed by atoms with E-state index in [9.17, 15) is 22.8 Å². The molecule has 3 N–H and O–H groups in total. The second-order valence-corrected chi connectivity index (χ2v) is 8.27. The predicted molar refractivity (Wildman–Crippen MR) is 108 cm³/mol. The highest BCUT2D eigenvalue weighted by atomic mass is 32.2. The number of amides is 1. The molecule has 1 heterocycles. The standard InChI is InChI=1S/C19H20N4O5S/c1-23(12-13-5-3-2-4-6-13)17(24)9-10-20-29(27,28)14-7-8-16-15(11-14)18(25)22-19(26)21-16/h2-8,11,20H,9-10,12H2,1H3,(H2,21,22,25,26). The van der Waals surface area contributed by atoms with E-state index in [1.54, 1.807) is 7.05 Å². The van der Waals surface area contributed by atoms with Gasteiger partial charge >= 0.3 is 5.69 Å². The summed E-state index contributed by atoms with van der Waals surface area (Å²) in [6.07, 6.45) is -0.00987. The molecule has 0 fully saturated rings. The fourth-order valence-electron chi connectivity index (χ4n) is 2.82. The van der Waals surface area contributed by atoms with Crippen LogP contribution in [0.15, 0.2) is 63.0 Å². The zero-order valence-corrected chi connectivity index (χ0v) is 16.5. The molecule has 0 radical (unpaired) electrons. The van der Waals surface area contributed by atoms with Gasteiger partial charge < -0.3 is 9.88 Å². The van der Waals surface area contributed by atoms with Gasteiger partial charge in [-0.25, -0.2) is 17.9 Å². The Kier molecular flexibility index (Phi) is 5.95. The van der Waals surface area contributed by atoms with Crippen molar-refractivity contribution in [2.45, 2.75) is 17.9 Å². The summed E-state index contributed by atoms with van der Waals surface area (Å²) in [5.74, 6) is -0.205. The van der Waals surface area contributed by atoms with E-state index in [1.165, 1.54) is 23.1 Å². The van der Waals surface area contributed by atoms with E-state index in [1.807, 2.05) is 30.3 Å². The first-order valence-corrected chi connectivity index (χ1v) is 10.3. The van der Waals surface area contributed by atoms with Gasteiger partial charge in [-0.1, -0.05) is 30.3 Å². The van der Waals surface area contributed by atoms with Gasteiger partial charge in [0.25, 0.3) is 5.56 Å². The van der Waals surface area contributed by atoms with E-state index in [0.717, 1.165) is 5.56 Å². The van der Waals surface area contributed by atoms with Gasteiger partial charge in [0.2, 0.25) is 15.9 Å². The van der Waals surface area contributed by atoms with Crippen molar-refractivity contribution in [1.82, 2.24) is 19.6 Å². The Balaban J connectivity index is 1.64. The van der Waals surface area contributed by atoms with Crippen molar-refractivity contribution < 1.29 is 13.2 Å². The summed E-state index contributed by atoms with van der Waals surface area (Å²) in [7, 11) is -2.27. The third kappa shape index (κ3) is 4.98. The highest BCUT2D eigenvalue weighted by Gasteiger charge is 2.17. The number of benzene rings is 2. The van der Waals surface area contributed by atoms with Gasteiger partial charge in [0.15, 0.2) is 0 Å². The topological polar surface area (TPSA) is 132 Å². The lowest BCUT2D eigenvalue weighted by molar-refractivity contribution is -0.130. The molecule has 0 aliphatic rings. The first-order valence-electron chi connectivity index (χ1n) is 8.80. The first kappa shape index (κ1) is 20.5. The van der Waals surface area contributed by atoms with Crippen LogP contribution in [0.25, 0.3) is 10.9 Å². The van der Waals surface area contributed by atoms with Gasteiger partial charge in [-0.15, -0.1) is 0 Å². The summed E-state index contributed by atoms with van der Waals surface area (Å²) < 4.78 is 27.3. The number of hydrogen-bond donors (Lipinski definition) is 3. The van der Waals surface area contributed by atoms with Crippen LogP contribution in [0.1, 0.15) is 12.0 Å². The maximum Gasteiger partial charge on any atom is 0.326 e. The number of rotatable bonds is 7. The number of nitrogens with zero attached hydrogens (tertiary/aromatic N) is 1. The minimum Gasteiger partial charge on any atom is -0.341 e. The molecule has 0 saturated carbocycles. The quantitative estimate of drug-likeness (QED) is 0.517. The Hall–Kier alpha value is -3.24. The fourth-order valence-corrected chi connectivity index (χ4v) is 3.88. The van der Waals surface area contributed by atoms with E-state index in [-0.39, 0.29) is 34.7 Å². The molecule has 0 saturated heterocycles. The van der Waals surface area contributed by atoms with Crippen molar-refractivity contribution >= 4 is 26.8 Å². The molecule has 3 aromatic rings. The molecule has 9 nitrogen and oxygen atoms in total. The van der Waals surface area contributed by atoms with Crippen LogP contribution in [-0.4, -0.2) is 42.8 Å². The lowest BCUT2D eigenvalue weighted by Gasteiger charge is -2.17. The van der Waals surface area contributed by atoms with E-state index in [2.05, 4.69) is 14.7 Å². The van der Waals surface area contributed by atoms with Gasteiger partial charge in [0.05, 0.1) is 15.8 Å². The zero-order chi connectivity index (χ0) is 21.0. The fraction of sp³-hybridized carbons (Fsp3) is 0.211. The lowest BCUT2D eigenvalue weighted by atomic mass is 10.2. The van der Waals surface area contributed by atoms with Crippen molar-refractivity contribution in [3.63, 3.8) is 0 Å². The monoisotopic (exact) mass is 416 g/mol. The van der Waals surface area contributed by atoms with Crippen molar-refractivity contribution in [2.24, 2.45) is 0 Å². The second kappa shape index (κ2) is 8.41. The van der Waals surface area contributed by atoms with Crippen molar-refractivity contribution in [1.29, 1.82) is 0 Å². The maximum atomic E-state index is 12.5. The summed E-state index contributed by atoms with van der Waals surface area (Å²) >= 11 is 0. The van der Waals surface area contributed by atoms with Crippen molar-refractivity contribution in [3.8, 4) is 0 Å². The Morgan fingerprint density at radius 1 is 1.07 bits per heavy atom. The molecule has 29 heavy (non-hydrogen) atoms. The zero-order valence-electron chi connectivity index (χ0n) is 15.6. The molecular weight excluding hydrogens is 396 g/mol. The lowest BCUT2D eigenvalue weighted by Crippen LogP contribution is -2.32. The number of carbonyl (C=O) groups excluding carboxylic acids is 1. The van der Waals surface area contributed by atoms with E-state index >= 15 is 0 Å². The SMILES string of the molecule is CN(Cc1ccccc1)C(=O)CCNS(=O)(=O)c1ccc2[nH]c(=O)[nH]c(=O)c2c1. The Morgan fingerprint density at radius 3 is 2.52 bits per heavy atom. The number of aromatic nitrogens is 2. The van der Waals surface area contributed by atoms with Crippen LogP contribution in [-0.2, 0) is 21.4 Å². The molecule has 10 heteroatoms. The molecule has 3 rings (SSSR count). The van der Waals surface area contributed by atoms with Gasteiger partial charge in [-0.3, -0.25) is 14.6 Å². The molecular formula is C19H20N4O5S. The van der Waals surface area contributed by atoms with Crippen LogP contribution in [0.5, 0.6) is 0 Å². The van der Waals surface area contributed by atoms with Crippen LogP contribution in [0.2, 0.25) is 0 Å². The molecule has 0 aliphatic carbocycles. The third-order valence-corrected chi connectivity index (χ3v) is 5.80. The average molecular weight is 416 g/mol. The second-order valence-electron chi connectivity index (χ2n) is 6.50. The number of fused-ring (bicyclic) bond motifs is 1. The van der Waals surface area contributed by atoms with Crippen molar-refractivity contribution in [2.75, 3.05) is 13.6 Å².